The molecule has 0 unspecified atom stereocenters. The van der Waals surface area contributed by atoms with Crippen molar-refractivity contribution in [3.8, 4) is 0 Å². The number of amides is 1. The zero-order valence-corrected chi connectivity index (χ0v) is 14.7. The third kappa shape index (κ3) is 4.87. The minimum atomic E-state index is -1.14. The summed E-state index contributed by atoms with van der Waals surface area (Å²) in [7, 11) is 1.92. The molecule has 1 amide bonds. The molecule has 0 N–H and O–H groups in total. The lowest BCUT2D eigenvalue weighted by molar-refractivity contribution is -0.0685. The fourth-order valence-corrected chi connectivity index (χ4v) is 2.45. The predicted molar refractivity (Wildman–Crippen MR) is 86.0 cm³/mol. The third-order valence-corrected chi connectivity index (χ3v) is 3.80. The van der Waals surface area contributed by atoms with Crippen molar-refractivity contribution in [1.29, 1.82) is 0 Å². The second kappa shape index (κ2) is 7.31. The molecule has 0 aromatic rings. The van der Waals surface area contributed by atoms with Gasteiger partial charge in [-0.2, -0.15) is 0 Å². The summed E-state index contributed by atoms with van der Waals surface area (Å²) < 4.78 is 19.9. The average molecular weight is 315 g/mol. The smallest absolute Gasteiger partial charge is 0.410 e. The largest absolute Gasteiger partial charge is 0.444 e. The number of halogens is 1. The van der Waals surface area contributed by atoms with E-state index in [2.05, 4.69) is 6.58 Å². The number of likely N-dealkylation sites (tertiary alicyclic amines) is 1. The first-order valence-electron chi connectivity index (χ1n) is 7.82. The van der Waals surface area contributed by atoms with E-state index in [-0.39, 0.29) is 18.6 Å². The fraction of sp³-hybridized carbons (Fsp3) is 0.812. The van der Waals surface area contributed by atoms with Gasteiger partial charge in [0, 0.05) is 25.8 Å². The number of nitrogens with zero attached hydrogens (tertiary/aromatic N) is 3. The number of hydrazine groups is 1. The molecule has 0 aromatic carbocycles. The first-order valence-corrected chi connectivity index (χ1v) is 7.82. The van der Waals surface area contributed by atoms with Crippen molar-refractivity contribution in [2.24, 2.45) is 0 Å². The first kappa shape index (κ1) is 18.7. The zero-order chi connectivity index (χ0) is 17.1. The highest BCUT2D eigenvalue weighted by atomic mass is 19.1. The van der Waals surface area contributed by atoms with E-state index in [1.54, 1.807) is 6.20 Å². The Kier molecular flexibility index (Phi) is 6.23. The number of carbonyl (C=O) groups is 1. The number of ether oxygens (including phenoxy) is 1. The maximum atomic E-state index is 14.6. The number of hydrogen-bond acceptors (Lipinski definition) is 4. The molecule has 0 saturated carbocycles. The van der Waals surface area contributed by atoms with Gasteiger partial charge in [-0.1, -0.05) is 6.58 Å². The summed E-state index contributed by atoms with van der Waals surface area (Å²) in [5.74, 6) is 0. The maximum Gasteiger partial charge on any atom is 0.410 e. The van der Waals surface area contributed by atoms with Crippen molar-refractivity contribution in [2.75, 3.05) is 20.1 Å². The van der Waals surface area contributed by atoms with E-state index in [9.17, 15) is 9.18 Å². The number of hydrogen-bond donors (Lipinski definition) is 0. The molecule has 2 atom stereocenters. The van der Waals surface area contributed by atoms with Gasteiger partial charge in [-0.25, -0.2) is 14.2 Å². The van der Waals surface area contributed by atoms with Crippen LogP contribution in [-0.2, 0) is 4.74 Å². The highest BCUT2D eigenvalue weighted by Gasteiger charge is 2.37. The minimum Gasteiger partial charge on any atom is -0.444 e. The van der Waals surface area contributed by atoms with Crippen LogP contribution in [0.1, 0.15) is 41.0 Å². The summed E-state index contributed by atoms with van der Waals surface area (Å²) in [5.41, 5.74) is -0.565. The van der Waals surface area contributed by atoms with E-state index < -0.39 is 17.9 Å². The Morgan fingerprint density at radius 2 is 2.05 bits per heavy atom. The van der Waals surface area contributed by atoms with Crippen LogP contribution in [0.15, 0.2) is 12.8 Å². The monoisotopic (exact) mass is 315 g/mol. The van der Waals surface area contributed by atoms with Crippen LogP contribution >= 0.6 is 0 Å². The molecule has 0 aromatic heterocycles. The van der Waals surface area contributed by atoms with Crippen LogP contribution in [0.2, 0.25) is 0 Å². The summed E-state index contributed by atoms with van der Waals surface area (Å²) in [5, 5.41) is 3.80. The van der Waals surface area contributed by atoms with Crippen molar-refractivity contribution in [2.45, 2.75) is 64.9 Å². The summed E-state index contributed by atoms with van der Waals surface area (Å²) in [4.78, 5) is 13.5. The zero-order valence-electron chi connectivity index (χ0n) is 14.7. The Hall–Kier alpha value is -1.30. The van der Waals surface area contributed by atoms with Crippen LogP contribution in [0.25, 0.3) is 0 Å². The van der Waals surface area contributed by atoms with Crippen molar-refractivity contribution in [3.63, 3.8) is 0 Å². The Morgan fingerprint density at radius 3 is 2.45 bits per heavy atom. The molecule has 0 bridgehead atoms. The van der Waals surface area contributed by atoms with E-state index in [1.807, 2.05) is 51.7 Å². The van der Waals surface area contributed by atoms with Crippen molar-refractivity contribution in [1.82, 2.24) is 14.9 Å². The highest BCUT2D eigenvalue weighted by Crippen LogP contribution is 2.23. The van der Waals surface area contributed by atoms with Gasteiger partial charge >= 0.3 is 6.09 Å². The van der Waals surface area contributed by atoms with Crippen LogP contribution in [-0.4, -0.2) is 65.0 Å². The highest BCUT2D eigenvalue weighted by molar-refractivity contribution is 5.68. The van der Waals surface area contributed by atoms with E-state index in [0.717, 1.165) is 0 Å². The van der Waals surface area contributed by atoms with Crippen LogP contribution in [0.3, 0.4) is 0 Å². The fourth-order valence-electron chi connectivity index (χ4n) is 2.45. The Labute approximate surface area is 133 Å². The van der Waals surface area contributed by atoms with Crippen LogP contribution < -0.4 is 0 Å². The van der Waals surface area contributed by atoms with E-state index in [1.165, 1.54) is 4.90 Å². The molecule has 6 heteroatoms. The molecule has 5 nitrogen and oxygen atoms in total. The number of rotatable bonds is 4. The van der Waals surface area contributed by atoms with Crippen molar-refractivity contribution in [3.05, 3.63) is 12.8 Å². The lowest BCUT2D eigenvalue weighted by Gasteiger charge is -2.45. The average Bonchev–Trinajstić information content (AvgIpc) is 2.38. The molecule has 0 aliphatic carbocycles. The topological polar surface area (TPSA) is 36.0 Å². The number of piperidine rings is 1. The minimum absolute atomic E-state index is 0.0514. The van der Waals surface area contributed by atoms with E-state index in [0.29, 0.717) is 13.0 Å². The Balaban J connectivity index is 2.69. The third-order valence-electron chi connectivity index (χ3n) is 3.80. The van der Waals surface area contributed by atoms with Gasteiger partial charge in [-0.15, -0.1) is 0 Å². The molecule has 1 aliphatic heterocycles. The van der Waals surface area contributed by atoms with Gasteiger partial charge in [0.1, 0.15) is 11.8 Å². The lowest BCUT2D eigenvalue weighted by Crippen LogP contribution is -2.57. The predicted octanol–water partition coefficient (Wildman–Crippen LogP) is 3.03. The maximum absolute atomic E-state index is 14.6. The summed E-state index contributed by atoms with van der Waals surface area (Å²) in [6.45, 7) is 13.8. The van der Waals surface area contributed by atoms with Crippen LogP contribution in [0.4, 0.5) is 9.18 Å². The van der Waals surface area contributed by atoms with Gasteiger partial charge in [0.2, 0.25) is 0 Å². The van der Waals surface area contributed by atoms with Crippen molar-refractivity contribution < 1.29 is 13.9 Å². The van der Waals surface area contributed by atoms with Gasteiger partial charge in [-0.3, -0.25) is 0 Å². The van der Waals surface area contributed by atoms with Crippen LogP contribution in [0.5, 0.6) is 0 Å². The second-order valence-corrected chi connectivity index (χ2v) is 7.03. The van der Waals surface area contributed by atoms with Gasteiger partial charge < -0.3 is 14.6 Å². The molecule has 0 radical (unpaired) electrons. The molecule has 1 fully saturated rings. The standard InChI is InChI=1S/C16H30FN3O2/c1-8-20(18(7)12(2)3)14-9-10-19(11-13(14)17)15(21)22-16(4,5)6/h8,12-14H,1,9-11H2,2-7H3/t13-,14+/m0/s1. The first-order chi connectivity index (χ1) is 10.1. The second-order valence-electron chi connectivity index (χ2n) is 7.03. The van der Waals surface area contributed by atoms with E-state index in [4.69, 9.17) is 4.74 Å². The molecular weight excluding hydrogens is 285 g/mol. The normalized spacial score (nSPS) is 22.9. The molecule has 1 aliphatic rings. The summed E-state index contributed by atoms with van der Waals surface area (Å²) in [6.07, 6.45) is 0.612. The van der Waals surface area contributed by atoms with Gasteiger partial charge in [0.05, 0.1) is 12.6 Å². The van der Waals surface area contributed by atoms with Crippen molar-refractivity contribution >= 4 is 6.09 Å². The Morgan fingerprint density at radius 1 is 1.45 bits per heavy atom. The van der Waals surface area contributed by atoms with Gasteiger partial charge in [0.25, 0.3) is 0 Å². The molecule has 1 heterocycles. The lowest BCUT2D eigenvalue weighted by atomic mass is 10.0. The molecule has 128 valence electrons. The number of alkyl halides is 1. The SMILES string of the molecule is C=CN([C@@H]1CCN(C(=O)OC(C)(C)C)C[C@@H]1F)N(C)C(C)C. The molecule has 1 saturated heterocycles. The molecule has 1 rings (SSSR count). The summed E-state index contributed by atoms with van der Waals surface area (Å²) >= 11 is 0. The summed E-state index contributed by atoms with van der Waals surface area (Å²) in [6, 6.07) is -0.0577. The molecular formula is C16H30FN3O2. The Bertz CT molecular complexity index is 395. The number of carbonyl (C=O) groups excluding carboxylic acids is 1. The quantitative estimate of drug-likeness (QED) is 0.747. The molecule has 22 heavy (non-hydrogen) atoms. The van der Waals surface area contributed by atoms with Gasteiger partial charge in [0.15, 0.2) is 0 Å². The van der Waals surface area contributed by atoms with Gasteiger partial charge in [-0.05, 0) is 41.0 Å². The van der Waals surface area contributed by atoms with Crippen LogP contribution in [0, 0.1) is 0 Å². The molecule has 0 spiro atoms. The van der Waals surface area contributed by atoms with E-state index >= 15 is 0 Å².